The summed E-state index contributed by atoms with van der Waals surface area (Å²) in [7, 11) is -2.41. The number of ether oxygens (including phenoxy) is 1. The SMILES string of the molecule is COc1ccc(S(=O)(=O)Nc2cccc3c2Nc2ccc(F)cc2C(=O)N3)cc1. The van der Waals surface area contributed by atoms with Crippen LogP contribution in [0, 0.1) is 5.82 Å². The molecule has 0 spiro atoms. The zero-order valence-electron chi connectivity index (χ0n) is 15.2. The lowest BCUT2D eigenvalue weighted by Crippen LogP contribution is -2.14. The molecule has 3 aromatic carbocycles. The fourth-order valence-electron chi connectivity index (χ4n) is 2.97. The van der Waals surface area contributed by atoms with E-state index in [1.807, 2.05) is 0 Å². The van der Waals surface area contributed by atoms with Crippen molar-refractivity contribution in [1.29, 1.82) is 0 Å². The number of benzene rings is 3. The Labute approximate surface area is 166 Å². The molecule has 148 valence electrons. The van der Waals surface area contributed by atoms with Gasteiger partial charge in [0.1, 0.15) is 11.6 Å². The number of methoxy groups -OCH3 is 1. The van der Waals surface area contributed by atoms with Crippen molar-refractivity contribution < 1.29 is 22.3 Å². The van der Waals surface area contributed by atoms with Gasteiger partial charge >= 0.3 is 0 Å². The molecule has 0 aliphatic carbocycles. The van der Waals surface area contributed by atoms with Crippen molar-refractivity contribution in [2.45, 2.75) is 4.90 Å². The number of anilines is 4. The van der Waals surface area contributed by atoms with Gasteiger partial charge in [-0.2, -0.15) is 0 Å². The van der Waals surface area contributed by atoms with Gasteiger partial charge in [-0.25, -0.2) is 12.8 Å². The van der Waals surface area contributed by atoms with Crippen LogP contribution in [-0.2, 0) is 10.0 Å². The third kappa shape index (κ3) is 3.59. The Balaban J connectivity index is 1.73. The van der Waals surface area contributed by atoms with Crippen LogP contribution in [-0.4, -0.2) is 21.4 Å². The molecule has 0 aromatic heterocycles. The first-order valence-electron chi connectivity index (χ1n) is 8.55. The van der Waals surface area contributed by atoms with Crippen molar-refractivity contribution in [1.82, 2.24) is 0 Å². The van der Waals surface area contributed by atoms with Crippen LogP contribution in [0.15, 0.2) is 65.6 Å². The molecule has 4 rings (SSSR count). The standard InChI is InChI=1S/C20H16FN3O4S/c1-28-13-6-8-14(9-7-13)29(26,27)24-18-4-2-3-17-19(18)22-16-10-5-12(21)11-15(16)20(25)23-17/h2-11,22,24H,1H3,(H,23,25). The van der Waals surface area contributed by atoms with Gasteiger partial charge in [-0.3, -0.25) is 9.52 Å². The maximum absolute atomic E-state index is 13.6. The summed E-state index contributed by atoms with van der Waals surface area (Å²) in [6, 6.07) is 14.5. The lowest BCUT2D eigenvalue weighted by atomic mass is 10.1. The minimum absolute atomic E-state index is 0.0519. The van der Waals surface area contributed by atoms with E-state index in [1.54, 1.807) is 30.3 Å². The molecule has 0 atom stereocenters. The van der Waals surface area contributed by atoms with E-state index >= 15 is 0 Å². The maximum Gasteiger partial charge on any atom is 0.261 e. The zero-order chi connectivity index (χ0) is 20.6. The van der Waals surface area contributed by atoms with Crippen LogP contribution in [0.5, 0.6) is 5.75 Å². The van der Waals surface area contributed by atoms with E-state index in [4.69, 9.17) is 4.74 Å². The number of para-hydroxylation sites is 1. The van der Waals surface area contributed by atoms with Crippen LogP contribution >= 0.6 is 0 Å². The average molecular weight is 413 g/mol. The molecule has 3 N–H and O–H groups in total. The number of nitrogens with one attached hydrogen (secondary N) is 3. The predicted octanol–water partition coefficient (Wildman–Crippen LogP) is 3.94. The predicted molar refractivity (Wildman–Crippen MR) is 108 cm³/mol. The highest BCUT2D eigenvalue weighted by Crippen LogP contribution is 2.38. The second kappa shape index (κ2) is 7.10. The molecule has 9 heteroatoms. The minimum Gasteiger partial charge on any atom is -0.497 e. The minimum atomic E-state index is -3.90. The van der Waals surface area contributed by atoms with Crippen molar-refractivity contribution in [2.75, 3.05) is 22.5 Å². The number of rotatable bonds is 4. The van der Waals surface area contributed by atoms with Crippen LogP contribution in [0.2, 0.25) is 0 Å². The molecule has 0 unspecified atom stereocenters. The molecule has 1 heterocycles. The Morgan fingerprint density at radius 1 is 0.966 bits per heavy atom. The van der Waals surface area contributed by atoms with E-state index in [-0.39, 0.29) is 16.1 Å². The highest BCUT2D eigenvalue weighted by molar-refractivity contribution is 7.92. The summed E-state index contributed by atoms with van der Waals surface area (Å²) in [6.07, 6.45) is 0. The van der Waals surface area contributed by atoms with Crippen molar-refractivity contribution in [3.63, 3.8) is 0 Å². The normalized spacial score (nSPS) is 12.7. The van der Waals surface area contributed by atoms with Crippen molar-refractivity contribution in [3.05, 3.63) is 72.0 Å². The number of sulfonamides is 1. The summed E-state index contributed by atoms with van der Waals surface area (Å²) >= 11 is 0. The Kier molecular flexibility index (Phi) is 4.59. The van der Waals surface area contributed by atoms with Crippen molar-refractivity contribution >= 4 is 38.7 Å². The Hall–Kier alpha value is -3.59. The molecule has 0 bridgehead atoms. The van der Waals surface area contributed by atoms with Crippen molar-refractivity contribution in [2.24, 2.45) is 0 Å². The van der Waals surface area contributed by atoms with Crippen LogP contribution in [0.4, 0.5) is 27.1 Å². The Morgan fingerprint density at radius 3 is 2.45 bits per heavy atom. The van der Waals surface area contributed by atoms with Gasteiger partial charge < -0.3 is 15.4 Å². The summed E-state index contributed by atoms with van der Waals surface area (Å²) in [5.41, 5.74) is 1.42. The largest absolute Gasteiger partial charge is 0.497 e. The molecular formula is C20H16FN3O4S. The molecule has 7 nitrogen and oxygen atoms in total. The van der Waals surface area contributed by atoms with Gasteiger partial charge in [0.25, 0.3) is 15.9 Å². The highest BCUT2D eigenvalue weighted by atomic mass is 32.2. The monoisotopic (exact) mass is 413 g/mol. The van der Waals surface area contributed by atoms with E-state index in [0.29, 0.717) is 22.8 Å². The second-order valence-corrected chi connectivity index (χ2v) is 7.96. The fourth-order valence-corrected chi connectivity index (χ4v) is 4.04. The van der Waals surface area contributed by atoms with Crippen molar-refractivity contribution in [3.8, 4) is 5.75 Å². The van der Waals surface area contributed by atoms with E-state index in [1.165, 1.54) is 31.4 Å². The number of carbonyl (C=O) groups excluding carboxylic acids is 1. The maximum atomic E-state index is 13.6. The molecular weight excluding hydrogens is 397 g/mol. The molecule has 1 amide bonds. The smallest absolute Gasteiger partial charge is 0.261 e. The molecule has 3 aromatic rings. The quantitative estimate of drug-likeness (QED) is 0.602. The van der Waals surface area contributed by atoms with E-state index in [0.717, 1.165) is 6.07 Å². The van der Waals surface area contributed by atoms with E-state index in [2.05, 4.69) is 15.4 Å². The highest BCUT2D eigenvalue weighted by Gasteiger charge is 2.23. The lowest BCUT2D eigenvalue weighted by molar-refractivity contribution is 0.102. The van der Waals surface area contributed by atoms with Crippen LogP contribution in [0.25, 0.3) is 0 Å². The average Bonchev–Trinajstić information content (AvgIpc) is 2.84. The number of halogens is 1. The summed E-state index contributed by atoms with van der Waals surface area (Å²) < 4.78 is 46.8. The van der Waals surface area contributed by atoms with Gasteiger partial charge in [-0.15, -0.1) is 0 Å². The first-order valence-corrected chi connectivity index (χ1v) is 10.0. The number of hydrogen-bond acceptors (Lipinski definition) is 5. The number of carbonyl (C=O) groups is 1. The molecule has 29 heavy (non-hydrogen) atoms. The first kappa shape index (κ1) is 18.8. The summed E-state index contributed by atoms with van der Waals surface area (Å²) in [5.74, 6) is -0.515. The zero-order valence-corrected chi connectivity index (χ0v) is 16.0. The van der Waals surface area contributed by atoms with Gasteiger partial charge in [-0.1, -0.05) is 6.07 Å². The third-order valence-electron chi connectivity index (χ3n) is 4.41. The van der Waals surface area contributed by atoms with Crippen LogP contribution in [0.1, 0.15) is 10.4 Å². The van der Waals surface area contributed by atoms with Crippen LogP contribution in [0.3, 0.4) is 0 Å². The van der Waals surface area contributed by atoms with Gasteiger partial charge in [0, 0.05) is 0 Å². The topological polar surface area (TPSA) is 96.5 Å². The molecule has 1 aliphatic rings. The molecule has 0 radical (unpaired) electrons. The number of amides is 1. The van der Waals surface area contributed by atoms with Gasteiger partial charge in [0.2, 0.25) is 0 Å². The summed E-state index contributed by atoms with van der Waals surface area (Å²) in [5, 5.41) is 5.69. The van der Waals surface area contributed by atoms with Gasteiger partial charge in [0.05, 0.1) is 40.3 Å². The fraction of sp³-hybridized carbons (Fsp3) is 0.0500. The van der Waals surface area contributed by atoms with E-state index in [9.17, 15) is 17.6 Å². The summed E-state index contributed by atoms with van der Waals surface area (Å²) in [4.78, 5) is 12.5. The Bertz CT molecular complexity index is 1210. The molecule has 1 aliphatic heterocycles. The van der Waals surface area contributed by atoms with E-state index < -0.39 is 21.7 Å². The molecule has 0 fully saturated rings. The molecule has 0 saturated heterocycles. The van der Waals surface area contributed by atoms with Crippen LogP contribution < -0.4 is 20.1 Å². The third-order valence-corrected chi connectivity index (χ3v) is 5.79. The number of fused-ring (bicyclic) bond motifs is 2. The lowest BCUT2D eigenvalue weighted by Gasteiger charge is -2.16. The Morgan fingerprint density at radius 2 is 1.72 bits per heavy atom. The van der Waals surface area contributed by atoms with Gasteiger partial charge in [0.15, 0.2) is 0 Å². The summed E-state index contributed by atoms with van der Waals surface area (Å²) in [6.45, 7) is 0. The van der Waals surface area contributed by atoms with Gasteiger partial charge in [-0.05, 0) is 54.6 Å². The first-order chi connectivity index (χ1) is 13.9. The second-order valence-electron chi connectivity index (χ2n) is 6.28. The number of hydrogen-bond donors (Lipinski definition) is 3. The molecule has 0 saturated carbocycles.